The van der Waals surface area contributed by atoms with Crippen LogP contribution in [0, 0.1) is 6.92 Å². The van der Waals surface area contributed by atoms with E-state index in [-0.39, 0.29) is 17.2 Å². The van der Waals surface area contributed by atoms with Gasteiger partial charge in [-0.05, 0) is 54.4 Å². The zero-order valence-electron chi connectivity index (χ0n) is 14.2. The van der Waals surface area contributed by atoms with Crippen LogP contribution in [-0.2, 0) is 6.54 Å². The minimum Gasteiger partial charge on any atom is -0.507 e. The molecular weight excluding hydrogens is 372 g/mol. The molecule has 0 fully saturated rings. The zero-order valence-corrected chi connectivity index (χ0v) is 15.8. The monoisotopic (exact) mass is 388 g/mol. The third-order valence-electron chi connectivity index (χ3n) is 3.82. The van der Waals surface area contributed by atoms with E-state index < -0.39 is 0 Å². The van der Waals surface area contributed by atoms with Gasteiger partial charge in [-0.1, -0.05) is 23.7 Å². The predicted octanol–water partition coefficient (Wildman–Crippen LogP) is 4.42. The van der Waals surface area contributed by atoms with Crippen molar-refractivity contribution in [1.29, 1.82) is 0 Å². The standard InChI is InChI=1S/C19H17ClN2O3S/c1-11-7-18(26-22-11)14-9-17(25-2)15(8-16(14)23)19(24)21-10-12-3-5-13(20)6-4-12/h3-9,23H,10H2,1-2H3,(H,21,24). The zero-order chi connectivity index (χ0) is 18.7. The van der Waals surface area contributed by atoms with Crippen molar-refractivity contribution in [2.24, 2.45) is 0 Å². The SMILES string of the molecule is COc1cc(-c2cc(C)ns2)c(O)cc1C(=O)NCc1ccc(Cl)cc1. The molecule has 2 aromatic carbocycles. The van der Waals surface area contributed by atoms with E-state index in [4.69, 9.17) is 16.3 Å². The Morgan fingerprint density at radius 1 is 1.27 bits per heavy atom. The van der Waals surface area contributed by atoms with Crippen molar-refractivity contribution in [3.63, 3.8) is 0 Å². The van der Waals surface area contributed by atoms with Gasteiger partial charge in [0.2, 0.25) is 0 Å². The second-order valence-electron chi connectivity index (χ2n) is 5.71. The predicted molar refractivity (Wildman–Crippen MR) is 103 cm³/mol. The lowest BCUT2D eigenvalue weighted by Crippen LogP contribution is -2.23. The van der Waals surface area contributed by atoms with Gasteiger partial charge in [0.05, 0.1) is 23.2 Å². The molecule has 0 radical (unpaired) electrons. The van der Waals surface area contributed by atoms with Gasteiger partial charge < -0.3 is 15.2 Å². The molecule has 7 heteroatoms. The summed E-state index contributed by atoms with van der Waals surface area (Å²) in [5, 5.41) is 13.8. The fourth-order valence-electron chi connectivity index (χ4n) is 2.48. The topological polar surface area (TPSA) is 71.5 Å². The first kappa shape index (κ1) is 18.2. The van der Waals surface area contributed by atoms with Gasteiger partial charge in [0, 0.05) is 17.1 Å². The van der Waals surface area contributed by atoms with Crippen LogP contribution in [0.5, 0.6) is 11.5 Å². The summed E-state index contributed by atoms with van der Waals surface area (Å²) in [6, 6.07) is 12.2. The van der Waals surface area contributed by atoms with Crippen LogP contribution in [-0.4, -0.2) is 22.5 Å². The summed E-state index contributed by atoms with van der Waals surface area (Å²) < 4.78 is 9.57. The van der Waals surface area contributed by atoms with E-state index in [0.717, 1.165) is 16.1 Å². The maximum Gasteiger partial charge on any atom is 0.255 e. The normalized spacial score (nSPS) is 10.6. The molecule has 3 rings (SSSR count). The van der Waals surface area contributed by atoms with Crippen LogP contribution in [0.2, 0.25) is 5.02 Å². The van der Waals surface area contributed by atoms with Crippen LogP contribution in [0.3, 0.4) is 0 Å². The van der Waals surface area contributed by atoms with Crippen LogP contribution in [0.4, 0.5) is 0 Å². The van der Waals surface area contributed by atoms with E-state index in [2.05, 4.69) is 9.69 Å². The fraction of sp³-hybridized carbons (Fsp3) is 0.158. The second kappa shape index (κ2) is 7.76. The van der Waals surface area contributed by atoms with Crippen molar-refractivity contribution in [2.75, 3.05) is 7.11 Å². The molecule has 0 saturated carbocycles. The van der Waals surface area contributed by atoms with Crippen LogP contribution >= 0.6 is 23.1 Å². The molecule has 0 atom stereocenters. The van der Waals surface area contributed by atoms with Gasteiger partial charge in [-0.15, -0.1) is 0 Å². The Balaban J connectivity index is 1.83. The number of methoxy groups -OCH3 is 1. The Labute approximate surface area is 160 Å². The summed E-state index contributed by atoms with van der Waals surface area (Å²) in [6.07, 6.45) is 0. The number of phenols is 1. The first-order valence-corrected chi connectivity index (χ1v) is 9.00. The molecule has 2 N–H and O–H groups in total. The molecule has 1 heterocycles. The number of amides is 1. The summed E-state index contributed by atoms with van der Waals surface area (Å²) in [7, 11) is 1.49. The van der Waals surface area contributed by atoms with Crippen LogP contribution in [0.25, 0.3) is 10.4 Å². The maximum absolute atomic E-state index is 12.5. The van der Waals surface area contributed by atoms with Gasteiger partial charge in [0.15, 0.2) is 0 Å². The molecule has 26 heavy (non-hydrogen) atoms. The number of halogens is 1. The second-order valence-corrected chi connectivity index (χ2v) is 6.95. The number of carbonyl (C=O) groups excluding carboxylic acids is 1. The molecule has 5 nitrogen and oxygen atoms in total. The Kier molecular flexibility index (Phi) is 5.44. The first-order chi connectivity index (χ1) is 12.5. The minimum atomic E-state index is -0.334. The third-order valence-corrected chi connectivity index (χ3v) is 4.99. The van der Waals surface area contributed by atoms with Gasteiger partial charge in [-0.25, -0.2) is 0 Å². The van der Waals surface area contributed by atoms with Gasteiger partial charge in [-0.3, -0.25) is 4.79 Å². The van der Waals surface area contributed by atoms with E-state index in [0.29, 0.717) is 22.9 Å². The van der Waals surface area contributed by atoms with Crippen LogP contribution < -0.4 is 10.1 Å². The lowest BCUT2D eigenvalue weighted by molar-refractivity contribution is 0.0947. The summed E-state index contributed by atoms with van der Waals surface area (Å²) in [5.74, 6) is 0.0580. The Bertz CT molecular complexity index is 938. The quantitative estimate of drug-likeness (QED) is 0.678. The lowest BCUT2D eigenvalue weighted by Gasteiger charge is -2.12. The molecule has 0 saturated heterocycles. The number of aryl methyl sites for hydroxylation is 1. The number of aromatic hydroxyl groups is 1. The van der Waals surface area contributed by atoms with Gasteiger partial charge >= 0.3 is 0 Å². The molecular formula is C19H17ClN2O3S. The highest BCUT2D eigenvalue weighted by Gasteiger charge is 2.18. The first-order valence-electron chi connectivity index (χ1n) is 7.85. The number of carbonyl (C=O) groups is 1. The van der Waals surface area contributed by atoms with Crippen molar-refractivity contribution in [3.05, 3.63) is 64.3 Å². The summed E-state index contributed by atoms with van der Waals surface area (Å²) in [4.78, 5) is 13.3. The largest absolute Gasteiger partial charge is 0.507 e. The Morgan fingerprint density at radius 3 is 2.62 bits per heavy atom. The van der Waals surface area contributed by atoms with E-state index in [1.807, 2.05) is 25.1 Å². The van der Waals surface area contributed by atoms with E-state index in [1.54, 1.807) is 18.2 Å². The average molecular weight is 389 g/mol. The lowest BCUT2D eigenvalue weighted by atomic mass is 10.1. The van der Waals surface area contributed by atoms with Crippen molar-refractivity contribution >= 4 is 29.0 Å². The number of aromatic nitrogens is 1. The summed E-state index contributed by atoms with van der Waals surface area (Å²) in [6.45, 7) is 2.22. The minimum absolute atomic E-state index is 0.00564. The number of rotatable bonds is 5. The molecule has 0 bridgehead atoms. The van der Waals surface area contributed by atoms with Gasteiger partial charge in [0.25, 0.3) is 5.91 Å². The number of nitrogens with zero attached hydrogens (tertiary/aromatic N) is 1. The molecule has 134 valence electrons. The third kappa shape index (κ3) is 3.98. The van der Waals surface area contributed by atoms with Crippen molar-refractivity contribution in [1.82, 2.24) is 9.69 Å². The highest BCUT2D eigenvalue weighted by Crippen LogP contribution is 2.37. The van der Waals surface area contributed by atoms with E-state index in [1.165, 1.54) is 24.7 Å². The van der Waals surface area contributed by atoms with E-state index in [9.17, 15) is 9.90 Å². The Morgan fingerprint density at radius 2 is 2.00 bits per heavy atom. The van der Waals surface area contributed by atoms with E-state index >= 15 is 0 Å². The fourth-order valence-corrected chi connectivity index (χ4v) is 3.39. The summed E-state index contributed by atoms with van der Waals surface area (Å²) in [5.41, 5.74) is 2.64. The number of benzene rings is 2. The molecule has 0 aliphatic rings. The molecule has 1 aromatic heterocycles. The number of phenolic OH excluding ortho intramolecular Hbond substituents is 1. The van der Waals surface area contributed by atoms with Crippen LogP contribution in [0.15, 0.2) is 42.5 Å². The maximum atomic E-state index is 12.5. The molecule has 0 spiro atoms. The van der Waals surface area contributed by atoms with Crippen molar-refractivity contribution < 1.29 is 14.6 Å². The molecule has 0 unspecified atom stereocenters. The average Bonchev–Trinajstić information content (AvgIpc) is 3.07. The molecule has 1 amide bonds. The van der Waals surface area contributed by atoms with Gasteiger partial charge in [-0.2, -0.15) is 4.37 Å². The number of hydrogen-bond donors (Lipinski definition) is 2. The van der Waals surface area contributed by atoms with Gasteiger partial charge in [0.1, 0.15) is 11.5 Å². The smallest absolute Gasteiger partial charge is 0.255 e. The van der Waals surface area contributed by atoms with Crippen molar-refractivity contribution in [3.8, 4) is 21.9 Å². The molecule has 3 aromatic rings. The Hall–Kier alpha value is -2.57. The number of hydrogen-bond acceptors (Lipinski definition) is 5. The summed E-state index contributed by atoms with van der Waals surface area (Å²) >= 11 is 7.14. The molecule has 0 aliphatic carbocycles. The van der Waals surface area contributed by atoms with Crippen LogP contribution in [0.1, 0.15) is 21.6 Å². The van der Waals surface area contributed by atoms with Crippen molar-refractivity contribution in [2.45, 2.75) is 13.5 Å². The highest BCUT2D eigenvalue weighted by molar-refractivity contribution is 7.09. The molecule has 0 aliphatic heterocycles. The highest BCUT2D eigenvalue weighted by atomic mass is 35.5. The number of ether oxygens (including phenoxy) is 1. The number of nitrogens with one attached hydrogen (secondary N) is 1.